The van der Waals surface area contributed by atoms with Gasteiger partial charge in [-0.3, -0.25) is 14.7 Å². The lowest BCUT2D eigenvalue weighted by Crippen LogP contribution is -2.40. The van der Waals surface area contributed by atoms with Crippen LogP contribution in [0.3, 0.4) is 0 Å². The molecule has 9 heteroatoms. The Hall–Kier alpha value is -2.65. The van der Waals surface area contributed by atoms with Gasteiger partial charge in [0.1, 0.15) is 0 Å². The molecule has 0 atom stereocenters. The molecule has 0 radical (unpaired) electrons. The average Bonchev–Trinajstić information content (AvgIpc) is 2.81. The number of aromatic nitrogens is 1. The molecular formula is C27H36F3N5O. The van der Waals surface area contributed by atoms with Gasteiger partial charge >= 0.3 is 6.18 Å². The van der Waals surface area contributed by atoms with Gasteiger partial charge in [0.25, 0.3) is 0 Å². The highest BCUT2D eigenvalue weighted by atomic mass is 19.4. The van der Waals surface area contributed by atoms with Gasteiger partial charge in [-0.2, -0.15) is 13.2 Å². The van der Waals surface area contributed by atoms with E-state index in [0.717, 1.165) is 43.7 Å². The lowest BCUT2D eigenvalue weighted by molar-refractivity contribution is -0.140. The molecule has 0 saturated heterocycles. The summed E-state index contributed by atoms with van der Waals surface area (Å²) in [6, 6.07) is 8.42. The number of amides is 1. The second-order valence-electron chi connectivity index (χ2n) is 10.2. The molecule has 1 amide bonds. The molecule has 4 rings (SSSR count). The highest BCUT2D eigenvalue weighted by Gasteiger charge is 2.34. The number of hydrogen-bond acceptors (Lipinski definition) is 5. The zero-order valence-corrected chi connectivity index (χ0v) is 21.2. The third-order valence-electron chi connectivity index (χ3n) is 7.22. The zero-order valence-electron chi connectivity index (χ0n) is 21.2. The molecule has 1 aromatic carbocycles. The van der Waals surface area contributed by atoms with E-state index in [4.69, 9.17) is 0 Å². The van der Waals surface area contributed by atoms with Crippen molar-refractivity contribution in [1.82, 2.24) is 19.7 Å². The molecule has 2 aliphatic rings. The van der Waals surface area contributed by atoms with Gasteiger partial charge in [0.05, 0.1) is 24.3 Å². The van der Waals surface area contributed by atoms with Gasteiger partial charge in [0.2, 0.25) is 5.91 Å². The number of nitrogens with one attached hydrogen (secondary N) is 1. The molecule has 0 spiro atoms. The maximum Gasteiger partial charge on any atom is 0.418 e. The first-order valence-electron chi connectivity index (χ1n) is 12.7. The van der Waals surface area contributed by atoms with Gasteiger partial charge in [0.15, 0.2) is 0 Å². The average molecular weight is 504 g/mol. The van der Waals surface area contributed by atoms with Crippen molar-refractivity contribution in [3.05, 3.63) is 58.9 Å². The van der Waals surface area contributed by atoms with Crippen molar-refractivity contribution in [1.29, 1.82) is 0 Å². The first-order chi connectivity index (χ1) is 17.2. The van der Waals surface area contributed by atoms with Gasteiger partial charge < -0.3 is 15.1 Å². The fourth-order valence-electron chi connectivity index (χ4n) is 4.93. The van der Waals surface area contributed by atoms with Crippen LogP contribution in [-0.4, -0.2) is 72.4 Å². The Balaban J connectivity index is 1.42. The summed E-state index contributed by atoms with van der Waals surface area (Å²) >= 11 is 0. The Labute approximate surface area is 211 Å². The van der Waals surface area contributed by atoms with Crippen LogP contribution in [-0.2, 0) is 30.5 Å². The van der Waals surface area contributed by atoms with E-state index in [-0.39, 0.29) is 24.7 Å². The van der Waals surface area contributed by atoms with Crippen LogP contribution in [0.25, 0.3) is 0 Å². The molecule has 1 aromatic heterocycles. The number of alkyl halides is 3. The van der Waals surface area contributed by atoms with Crippen LogP contribution in [0.1, 0.15) is 41.6 Å². The quantitative estimate of drug-likeness (QED) is 0.525. The molecule has 6 nitrogen and oxygen atoms in total. The number of halogens is 3. The third kappa shape index (κ3) is 6.76. The fourth-order valence-corrected chi connectivity index (χ4v) is 4.93. The van der Waals surface area contributed by atoms with Crippen LogP contribution in [0, 0.1) is 5.92 Å². The first kappa shape index (κ1) is 26.4. The van der Waals surface area contributed by atoms with Gasteiger partial charge in [-0.05, 0) is 68.6 Å². The standard InChI is InChI=1S/C27H36F3N5O/c1-33(2)14-15-35(19-25-23(27(28,29)30)9-5-12-31-25)26(36)16-32-24-10-4-8-21-18-34(13-11-22(21)24)17-20-6-3-7-20/h4-5,8-10,12,20,32H,3,6-7,11,13-19H2,1-2H3. The van der Waals surface area contributed by atoms with Crippen LogP contribution in [0.15, 0.2) is 36.5 Å². The van der Waals surface area contributed by atoms with Crippen LogP contribution >= 0.6 is 0 Å². The SMILES string of the molecule is CN(C)CCN(Cc1ncccc1C(F)(F)F)C(=O)CNc1cccc2c1CCN(CC1CCC1)C2. The number of rotatable bonds is 10. The molecular weight excluding hydrogens is 467 g/mol. The van der Waals surface area contributed by atoms with E-state index < -0.39 is 11.7 Å². The molecule has 1 aliphatic heterocycles. The summed E-state index contributed by atoms with van der Waals surface area (Å²) < 4.78 is 40.5. The molecule has 0 unspecified atom stereocenters. The summed E-state index contributed by atoms with van der Waals surface area (Å²) in [5, 5.41) is 3.28. The van der Waals surface area contributed by atoms with Gasteiger partial charge in [-0.1, -0.05) is 18.6 Å². The Kier molecular flexibility index (Phi) is 8.51. The molecule has 196 valence electrons. The van der Waals surface area contributed by atoms with E-state index >= 15 is 0 Å². The second kappa shape index (κ2) is 11.6. The predicted octanol–water partition coefficient (Wildman–Crippen LogP) is 4.26. The molecule has 0 bridgehead atoms. The minimum absolute atomic E-state index is 0.0177. The highest BCUT2D eigenvalue weighted by molar-refractivity contribution is 5.81. The lowest BCUT2D eigenvalue weighted by Gasteiger charge is -2.36. The van der Waals surface area contributed by atoms with E-state index in [9.17, 15) is 18.0 Å². The van der Waals surface area contributed by atoms with Crippen molar-refractivity contribution in [3.63, 3.8) is 0 Å². The summed E-state index contributed by atoms with van der Waals surface area (Å²) in [6.45, 7) is 3.76. The van der Waals surface area contributed by atoms with E-state index in [2.05, 4.69) is 21.3 Å². The number of benzene rings is 1. The topological polar surface area (TPSA) is 51.7 Å². The number of likely N-dealkylation sites (N-methyl/N-ethyl adjacent to an activating group) is 1. The van der Waals surface area contributed by atoms with Crippen molar-refractivity contribution in [2.75, 3.05) is 52.1 Å². The Morgan fingerprint density at radius 2 is 1.97 bits per heavy atom. The molecule has 1 saturated carbocycles. The van der Waals surface area contributed by atoms with Crippen LogP contribution in [0.5, 0.6) is 0 Å². The summed E-state index contributed by atoms with van der Waals surface area (Å²) in [5.74, 6) is 0.575. The maximum atomic E-state index is 13.5. The van der Waals surface area contributed by atoms with Gasteiger partial charge in [-0.15, -0.1) is 0 Å². The Morgan fingerprint density at radius 1 is 1.17 bits per heavy atom. The third-order valence-corrected chi connectivity index (χ3v) is 7.22. The number of carbonyl (C=O) groups is 1. The van der Waals surface area contributed by atoms with Crippen molar-refractivity contribution in [3.8, 4) is 0 Å². The number of pyridine rings is 1. The number of hydrogen-bond donors (Lipinski definition) is 1. The van der Waals surface area contributed by atoms with Gasteiger partial charge in [-0.25, -0.2) is 0 Å². The van der Waals surface area contributed by atoms with Crippen molar-refractivity contribution in [2.45, 2.75) is 44.9 Å². The zero-order chi connectivity index (χ0) is 25.7. The minimum atomic E-state index is -4.52. The molecule has 1 aliphatic carbocycles. The van der Waals surface area contributed by atoms with Crippen molar-refractivity contribution >= 4 is 11.6 Å². The predicted molar refractivity (Wildman–Crippen MR) is 134 cm³/mol. The first-order valence-corrected chi connectivity index (χ1v) is 12.7. The summed E-state index contributed by atoms with van der Waals surface area (Å²) in [4.78, 5) is 23.0. The number of anilines is 1. The Morgan fingerprint density at radius 3 is 2.67 bits per heavy atom. The van der Waals surface area contributed by atoms with Crippen molar-refractivity contribution < 1.29 is 18.0 Å². The number of nitrogens with zero attached hydrogens (tertiary/aromatic N) is 4. The number of carbonyl (C=O) groups excluding carboxylic acids is 1. The molecule has 1 N–H and O–H groups in total. The molecule has 36 heavy (non-hydrogen) atoms. The largest absolute Gasteiger partial charge is 0.418 e. The second-order valence-corrected chi connectivity index (χ2v) is 10.2. The number of fused-ring (bicyclic) bond motifs is 1. The van der Waals surface area contributed by atoms with Gasteiger partial charge in [0, 0.05) is 44.6 Å². The molecule has 1 fully saturated rings. The van der Waals surface area contributed by atoms with Crippen molar-refractivity contribution in [2.24, 2.45) is 5.92 Å². The maximum absolute atomic E-state index is 13.5. The lowest BCUT2D eigenvalue weighted by atomic mass is 9.84. The van der Waals surface area contributed by atoms with Crippen LogP contribution < -0.4 is 5.32 Å². The van der Waals surface area contributed by atoms with E-state index in [1.54, 1.807) is 0 Å². The van der Waals surface area contributed by atoms with Crippen LogP contribution in [0.2, 0.25) is 0 Å². The van der Waals surface area contributed by atoms with E-state index in [1.807, 2.05) is 31.1 Å². The highest BCUT2D eigenvalue weighted by Crippen LogP contribution is 2.32. The summed E-state index contributed by atoms with van der Waals surface area (Å²) in [6.07, 6.45) is 1.75. The minimum Gasteiger partial charge on any atom is -0.376 e. The molecule has 2 heterocycles. The Bertz CT molecular complexity index is 1040. The summed E-state index contributed by atoms with van der Waals surface area (Å²) in [5.41, 5.74) is 2.51. The smallest absolute Gasteiger partial charge is 0.376 e. The van der Waals surface area contributed by atoms with Crippen LogP contribution in [0.4, 0.5) is 18.9 Å². The van der Waals surface area contributed by atoms with E-state index in [0.29, 0.717) is 13.1 Å². The normalized spacial score (nSPS) is 16.5. The monoisotopic (exact) mass is 503 g/mol. The van der Waals surface area contributed by atoms with E-state index in [1.165, 1.54) is 47.6 Å². The molecule has 2 aromatic rings. The fraction of sp³-hybridized carbons (Fsp3) is 0.556. The summed E-state index contributed by atoms with van der Waals surface area (Å²) in [7, 11) is 3.74.